The van der Waals surface area contributed by atoms with Gasteiger partial charge in [0.1, 0.15) is 5.69 Å². The van der Waals surface area contributed by atoms with E-state index in [2.05, 4.69) is 5.32 Å². The van der Waals surface area contributed by atoms with Crippen molar-refractivity contribution in [2.24, 2.45) is 23.7 Å². The summed E-state index contributed by atoms with van der Waals surface area (Å²) in [5, 5.41) is 13.7. The van der Waals surface area contributed by atoms with Crippen LogP contribution in [0.2, 0.25) is 0 Å². The van der Waals surface area contributed by atoms with Crippen molar-refractivity contribution >= 4 is 23.2 Å². The van der Waals surface area contributed by atoms with E-state index >= 15 is 0 Å². The lowest BCUT2D eigenvalue weighted by molar-refractivity contribution is -0.386. The number of likely N-dealkylation sites (tertiary alicyclic amines) is 1. The highest BCUT2D eigenvalue weighted by molar-refractivity contribution is 6.06. The molecule has 0 unspecified atom stereocenters. The molecule has 2 aliphatic carbocycles. The van der Waals surface area contributed by atoms with E-state index in [9.17, 15) is 24.1 Å². The minimum Gasteiger partial charge on any atom is -0.378 e. The highest BCUT2D eigenvalue weighted by atomic mass is 19.1. The first kappa shape index (κ1) is 15.7. The van der Waals surface area contributed by atoms with Gasteiger partial charge in [-0.15, -0.1) is 0 Å². The molecule has 130 valence electrons. The molecule has 1 saturated carbocycles. The third-order valence-corrected chi connectivity index (χ3v) is 5.38. The largest absolute Gasteiger partial charge is 0.378 e. The molecule has 8 heteroatoms. The maximum absolute atomic E-state index is 13.6. The summed E-state index contributed by atoms with van der Waals surface area (Å²) in [5.74, 6) is -1.48. The van der Waals surface area contributed by atoms with Crippen LogP contribution in [-0.4, -0.2) is 34.7 Å². The first-order valence-corrected chi connectivity index (χ1v) is 8.19. The number of nitro benzene ring substituents is 1. The molecule has 2 bridgehead atoms. The van der Waals surface area contributed by atoms with Gasteiger partial charge in [-0.1, -0.05) is 18.2 Å². The molecule has 7 nitrogen and oxygen atoms in total. The summed E-state index contributed by atoms with van der Waals surface area (Å²) in [7, 11) is 0. The zero-order chi connectivity index (χ0) is 17.7. The third-order valence-electron chi connectivity index (χ3n) is 5.38. The molecule has 1 heterocycles. The molecule has 0 radical (unpaired) electrons. The highest BCUT2D eigenvalue weighted by Gasteiger charge is 2.58. The van der Waals surface area contributed by atoms with Gasteiger partial charge in [-0.05, 0) is 30.4 Å². The van der Waals surface area contributed by atoms with E-state index in [-0.39, 0.29) is 54.3 Å². The van der Waals surface area contributed by atoms with E-state index in [1.165, 1.54) is 17.0 Å². The van der Waals surface area contributed by atoms with Crippen LogP contribution in [0.1, 0.15) is 6.42 Å². The topological polar surface area (TPSA) is 92.6 Å². The Bertz CT molecular complexity index is 779. The molecule has 1 saturated heterocycles. The molecule has 25 heavy (non-hydrogen) atoms. The number of rotatable bonds is 5. The second-order valence-corrected chi connectivity index (χ2v) is 6.65. The van der Waals surface area contributed by atoms with Gasteiger partial charge < -0.3 is 5.32 Å². The second kappa shape index (κ2) is 5.65. The Morgan fingerprint density at radius 2 is 1.84 bits per heavy atom. The summed E-state index contributed by atoms with van der Waals surface area (Å²) in [4.78, 5) is 36.5. The number of hydrogen-bond donors (Lipinski definition) is 1. The summed E-state index contributed by atoms with van der Waals surface area (Å²) >= 11 is 0. The van der Waals surface area contributed by atoms with Crippen LogP contribution in [-0.2, 0) is 9.59 Å². The number of benzene rings is 1. The van der Waals surface area contributed by atoms with Crippen molar-refractivity contribution in [3.63, 3.8) is 0 Å². The Kier molecular flexibility index (Phi) is 3.55. The number of para-hydroxylation sites is 1. The maximum Gasteiger partial charge on any atom is 0.327 e. The molecule has 4 rings (SSSR count). The van der Waals surface area contributed by atoms with Crippen molar-refractivity contribution < 1.29 is 18.9 Å². The van der Waals surface area contributed by atoms with Gasteiger partial charge in [0.15, 0.2) is 0 Å². The summed E-state index contributed by atoms with van der Waals surface area (Å²) in [6.45, 7) is 0.238. The predicted molar refractivity (Wildman–Crippen MR) is 86.0 cm³/mol. The van der Waals surface area contributed by atoms with Gasteiger partial charge in [-0.3, -0.25) is 24.6 Å². The van der Waals surface area contributed by atoms with Gasteiger partial charge in [0.2, 0.25) is 17.6 Å². The van der Waals surface area contributed by atoms with E-state index in [1.807, 2.05) is 12.2 Å². The van der Waals surface area contributed by atoms with Crippen LogP contribution in [0, 0.1) is 39.6 Å². The number of anilines is 1. The molecular formula is C17H16FN3O4. The molecule has 4 atom stereocenters. The number of halogens is 1. The highest BCUT2D eigenvalue weighted by Crippen LogP contribution is 2.52. The van der Waals surface area contributed by atoms with Gasteiger partial charge in [-0.25, -0.2) is 0 Å². The van der Waals surface area contributed by atoms with Crippen molar-refractivity contribution in [1.82, 2.24) is 4.90 Å². The molecular weight excluding hydrogens is 329 g/mol. The van der Waals surface area contributed by atoms with Crippen LogP contribution in [0.4, 0.5) is 15.8 Å². The summed E-state index contributed by atoms with van der Waals surface area (Å²) in [6.07, 6.45) is 4.91. The van der Waals surface area contributed by atoms with E-state index in [1.54, 1.807) is 0 Å². The van der Waals surface area contributed by atoms with Gasteiger partial charge >= 0.3 is 5.69 Å². The van der Waals surface area contributed by atoms with Crippen LogP contribution in [0.5, 0.6) is 0 Å². The lowest BCUT2D eigenvalue weighted by atomic mass is 9.85. The van der Waals surface area contributed by atoms with Crippen LogP contribution in [0.15, 0.2) is 30.4 Å². The first-order valence-electron chi connectivity index (χ1n) is 8.19. The normalized spacial score (nSPS) is 29.4. The number of carbonyl (C=O) groups excluding carboxylic acids is 2. The van der Waals surface area contributed by atoms with E-state index in [0.29, 0.717) is 0 Å². The maximum atomic E-state index is 13.6. The average molecular weight is 345 g/mol. The van der Waals surface area contributed by atoms with Gasteiger partial charge in [0, 0.05) is 13.1 Å². The van der Waals surface area contributed by atoms with Crippen molar-refractivity contribution in [3.8, 4) is 0 Å². The van der Waals surface area contributed by atoms with Crippen LogP contribution >= 0.6 is 0 Å². The third kappa shape index (κ3) is 2.32. The minimum absolute atomic E-state index is 0.0334. The lowest BCUT2D eigenvalue weighted by Gasteiger charge is -2.17. The first-order chi connectivity index (χ1) is 12.0. The zero-order valence-electron chi connectivity index (χ0n) is 13.2. The number of fused-ring (bicyclic) bond motifs is 5. The van der Waals surface area contributed by atoms with E-state index in [4.69, 9.17) is 0 Å². The molecule has 2 amide bonds. The van der Waals surface area contributed by atoms with Gasteiger partial charge in [0.05, 0.1) is 16.8 Å². The summed E-state index contributed by atoms with van der Waals surface area (Å²) in [5.41, 5.74) is -0.605. The summed E-state index contributed by atoms with van der Waals surface area (Å²) < 4.78 is 13.6. The fourth-order valence-electron chi connectivity index (χ4n) is 4.33. The van der Waals surface area contributed by atoms with Crippen molar-refractivity contribution in [2.75, 3.05) is 18.4 Å². The number of amides is 2. The number of allylic oxidation sites excluding steroid dienone is 2. The second-order valence-electron chi connectivity index (χ2n) is 6.65. The summed E-state index contributed by atoms with van der Waals surface area (Å²) in [6, 6.07) is 3.78. The minimum atomic E-state index is -0.930. The predicted octanol–water partition coefficient (Wildman–Crippen LogP) is 1.95. The quantitative estimate of drug-likeness (QED) is 0.381. The van der Waals surface area contributed by atoms with E-state index < -0.39 is 16.4 Å². The molecule has 1 N–H and O–H groups in total. The number of hydrogen-bond acceptors (Lipinski definition) is 5. The molecule has 3 aliphatic rings. The Hall–Kier alpha value is -2.77. The Morgan fingerprint density at radius 1 is 1.20 bits per heavy atom. The number of imide groups is 1. The zero-order valence-corrected chi connectivity index (χ0v) is 13.2. The Morgan fingerprint density at radius 3 is 2.44 bits per heavy atom. The monoisotopic (exact) mass is 345 g/mol. The fraction of sp³-hybridized carbons (Fsp3) is 0.412. The Balaban J connectivity index is 1.44. The average Bonchev–Trinajstić information content (AvgIpc) is 3.23. The van der Waals surface area contributed by atoms with Crippen molar-refractivity contribution in [1.29, 1.82) is 0 Å². The van der Waals surface area contributed by atoms with Crippen LogP contribution in [0.3, 0.4) is 0 Å². The van der Waals surface area contributed by atoms with Crippen molar-refractivity contribution in [3.05, 3.63) is 46.3 Å². The molecule has 0 aromatic heterocycles. The van der Waals surface area contributed by atoms with Gasteiger partial charge in [-0.2, -0.15) is 4.39 Å². The number of nitro groups is 1. The molecule has 1 aromatic rings. The fourth-order valence-corrected chi connectivity index (χ4v) is 4.33. The molecule has 1 aromatic carbocycles. The lowest BCUT2D eigenvalue weighted by Crippen LogP contribution is -2.36. The van der Waals surface area contributed by atoms with Crippen LogP contribution < -0.4 is 5.32 Å². The Labute approximate surface area is 142 Å². The number of nitrogens with zero attached hydrogens (tertiary/aromatic N) is 2. The smallest absolute Gasteiger partial charge is 0.327 e. The molecule has 2 fully saturated rings. The van der Waals surface area contributed by atoms with Crippen molar-refractivity contribution in [2.45, 2.75) is 6.42 Å². The van der Waals surface area contributed by atoms with Crippen LogP contribution in [0.25, 0.3) is 0 Å². The molecule has 1 aliphatic heterocycles. The number of nitrogens with one attached hydrogen (secondary N) is 1. The standard InChI is InChI=1S/C17H16FN3O4/c18-11-2-1-3-12(15(11)21(24)25)19-6-7-20-16(22)13-9-4-5-10(8-9)14(13)17(20)23/h1-5,9-10,13-14,19H,6-8H2/t9-,10-,13-,14+/m0/s1. The van der Waals surface area contributed by atoms with E-state index in [0.717, 1.165) is 12.5 Å². The SMILES string of the molecule is O=C1[C@@H]2[C@H](C(=O)N1CCNc1cccc(F)c1[N+](=O)[O-])[C@H]1C=C[C@H]2C1. The molecule has 0 spiro atoms. The number of carbonyl (C=O) groups is 2. The van der Waals surface area contributed by atoms with Gasteiger partial charge in [0.25, 0.3) is 0 Å².